The smallest absolute Gasteiger partial charge is 0.242 e. The van der Waals surface area contributed by atoms with Crippen molar-refractivity contribution in [1.82, 2.24) is 9.62 Å². The monoisotopic (exact) mass is 347 g/mol. The third kappa shape index (κ3) is 4.37. The van der Waals surface area contributed by atoms with Gasteiger partial charge in [-0.3, -0.25) is 0 Å². The van der Waals surface area contributed by atoms with Gasteiger partial charge in [0.1, 0.15) is 9.88 Å². The first kappa shape index (κ1) is 16.6. The van der Waals surface area contributed by atoms with E-state index in [1.807, 2.05) is 7.05 Å². The molecule has 3 N–H and O–H groups in total. The number of nitrogens with two attached hydrogens (primary N) is 1. The molecule has 0 amide bonds. The molecule has 1 aromatic carbocycles. The summed E-state index contributed by atoms with van der Waals surface area (Å²) < 4.78 is 27.2. The van der Waals surface area contributed by atoms with Gasteiger partial charge in [0.25, 0.3) is 0 Å². The molecule has 0 aliphatic heterocycles. The minimum absolute atomic E-state index is 0.00328. The highest BCUT2D eigenvalue weighted by Gasteiger charge is 2.26. The Bertz CT molecular complexity index is 645. The van der Waals surface area contributed by atoms with Crippen molar-refractivity contribution in [2.45, 2.75) is 23.8 Å². The summed E-state index contributed by atoms with van der Waals surface area (Å²) in [6.07, 6.45) is 2.37. The number of hydrogen-bond donors (Lipinski definition) is 2. The first-order valence-corrected chi connectivity index (χ1v) is 8.87. The average Bonchev–Trinajstić information content (AvgIpc) is 3.22. The largest absolute Gasteiger partial charge is 0.389 e. The molecule has 1 aromatic rings. The van der Waals surface area contributed by atoms with Crippen LogP contribution in [0.2, 0.25) is 5.02 Å². The molecule has 0 spiro atoms. The topological polar surface area (TPSA) is 75.4 Å². The van der Waals surface area contributed by atoms with Crippen molar-refractivity contribution in [3.05, 3.63) is 28.8 Å². The lowest BCUT2D eigenvalue weighted by Gasteiger charge is -2.16. The second-order valence-corrected chi connectivity index (χ2v) is 7.70. The summed E-state index contributed by atoms with van der Waals surface area (Å²) >= 11 is 10.8. The summed E-state index contributed by atoms with van der Waals surface area (Å²) in [6, 6.07) is 5.08. The maximum atomic E-state index is 12.3. The van der Waals surface area contributed by atoms with Gasteiger partial charge in [0.15, 0.2) is 0 Å². The number of nitrogens with one attached hydrogen (secondary N) is 1. The zero-order valence-corrected chi connectivity index (χ0v) is 14.1. The highest BCUT2D eigenvalue weighted by atomic mass is 35.5. The number of halogens is 1. The normalized spacial score (nSPS) is 15.4. The highest BCUT2D eigenvalue weighted by molar-refractivity contribution is 7.89. The van der Waals surface area contributed by atoms with E-state index in [2.05, 4.69) is 9.62 Å². The van der Waals surface area contributed by atoms with Crippen molar-refractivity contribution in [1.29, 1.82) is 0 Å². The number of hydrogen-bond acceptors (Lipinski definition) is 4. The molecule has 5 nitrogen and oxygen atoms in total. The Hall–Kier alpha value is -0.730. The van der Waals surface area contributed by atoms with Crippen molar-refractivity contribution in [2.24, 2.45) is 5.73 Å². The number of nitrogens with zero attached hydrogens (tertiary/aromatic N) is 1. The van der Waals surface area contributed by atoms with Crippen molar-refractivity contribution >= 4 is 38.8 Å². The molecule has 1 saturated carbocycles. The van der Waals surface area contributed by atoms with Gasteiger partial charge in [0.05, 0.1) is 5.02 Å². The molecule has 0 heterocycles. The van der Waals surface area contributed by atoms with Crippen molar-refractivity contribution < 1.29 is 8.42 Å². The van der Waals surface area contributed by atoms with E-state index >= 15 is 0 Å². The quantitative estimate of drug-likeness (QED) is 0.728. The van der Waals surface area contributed by atoms with E-state index < -0.39 is 10.0 Å². The summed E-state index contributed by atoms with van der Waals surface area (Å²) in [6.45, 7) is 0.999. The van der Waals surface area contributed by atoms with Gasteiger partial charge < -0.3 is 10.6 Å². The van der Waals surface area contributed by atoms with E-state index in [9.17, 15) is 8.42 Å². The van der Waals surface area contributed by atoms with Crippen LogP contribution < -0.4 is 10.5 Å². The first-order valence-electron chi connectivity index (χ1n) is 6.60. The van der Waals surface area contributed by atoms with Crippen molar-refractivity contribution in [3.63, 3.8) is 0 Å². The first-order chi connectivity index (χ1) is 9.81. The maximum absolute atomic E-state index is 12.3. The van der Waals surface area contributed by atoms with Gasteiger partial charge in [-0.15, -0.1) is 0 Å². The highest BCUT2D eigenvalue weighted by Crippen LogP contribution is 2.25. The summed E-state index contributed by atoms with van der Waals surface area (Å²) in [5.74, 6) is 0. The molecule has 1 aliphatic rings. The van der Waals surface area contributed by atoms with E-state index in [0.717, 1.165) is 0 Å². The molecule has 8 heteroatoms. The predicted octanol–water partition coefficient (Wildman–Crippen LogP) is 1.35. The van der Waals surface area contributed by atoms with E-state index in [-0.39, 0.29) is 14.9 Å². The van der Waals surface area contributed by atoms with Crippen molar-refractivity contribution in [3.8, 4) is 0 Å². The lowest BCUT2D eigenvalue weighted by Crippen LogP contribution is -2.34. The molecule has 0 atom stereocenters. The molecular formula is C13H18ClN3O2S2. The average molecular weight is 348 g/mol. The Morgan fingerprint density at radius 2 is 2.19 bits per heavy atom. The number of rotatable bonds is 7. The van der Waals surface area contributed by atoms with Gasteiger partial charge in [-0.2, -0.15) is 0 Å². The molecule has 0 bridgehead atoms. The van der Waals surface area contributed by atoms with Gasteiger partial charge in [0.2, 0.25) is 10.0 Å². The number of sulfonamides is 1. The summed E-state index contributed by atoms with van der Waals surface area (Å²) in [5.41, 5.74) is 6.00. The third-order valence-electron chi connectivity index (χ3n) is 3.43. The van der Waals surface area contributed by atoms with Crippen LogP contribution in [0.25, 0.3) is 0 Å². The Labute approximate surface area is 135 Å². The second-order valence-electron chi connectivity index (χ2n) is 5.12. The van der Waals surface area contributed by atoms with Crippen LogP contribution in [0.1, 0.15) is 18.4 Å². The Morgan fingerprint density at radius 3 is 2.76 bits per heavy atom. The van der Waals surface area contributed by atoms with Crippen LogP contribution in [0.5, 0.6) is 0 Å². The van der Waals surface area contributed by atoms with Crippen LogP contribution in [0.15, 0.2) is 23.1 Å². The van der Waals surface area contributed by atoms with E-state index in [1.54, 1.807) is 6.07 Å². The number of benzene rings is 1. The van der Waals surface area contributed by atoms with Gasteiger partial charge in [-0.25, -0.2) is 13.1 Å². The fraction of sp³-hybridized carbons (Fsp3) is 0.462. The molecule has 0 unspecified atom stereocenters. The van der Waals surface area contributed by atoms with Crippen LogP contribution in [0, 0.1) is 0 Å². The minimum Gasteiger partial charge on any atom is -0.389 e. The zero-order chi connectivity index (χ0) is 15.6. The molecule has 21 heavy (non-hydrogen) atoms. The van der Waals surface area contributed by atoms with Gasteiger partial charge >= 0.3 is 0 Å². The Balaban J connectivity index is 2.07. The van der Waals surface area contributed by atoms with Crippen LogP contribution in [-0.2, 0) is 10.0 Å². The van der Waals surface area contributed by atoms with E-state index in [1.165, 1.54) is 25.0 Å². The molecular weight excluding hydrogens is 330 g/mol. The number of likely N-dealkylation sites (N-methyl/N-ethyl adjacent to an activating group) is 1. The Kier molecular flexibility index (Phi) is 5.21. The van der Waals surface area contributed by atoms with Crippen LogP contribution in [0.4, 0.5) is 0 Å². The van der Waals surface area contributed by atoms with Gasteiger partial charge in [-0.1, -0.05) is 29.9 Å². The third-order valence-corrected chi connectivity index (χ3v) is 5.61. The van der Waals surface area contributed by atoms with E-state index in [0.29, 0.717) is 24.7 Å². The summed E-state index contributed by atoms with van der Waals surface area (Å²) in [7, 11) is -1.68. The van der Waals surface area contributed by atoms with Gasteiger partial charge in [0, 0.05) is 24.7 Å². The SMILES string of the molecule is CN(CCNS(=O)(=O)c1cc(C(N)=S)ccc1Cl)C1CC1. The molecule has 2 rings (SSSR count). The fourth-order valence-electron chi connectivity index (χ4n) is 1.99. The molecule has 0 aromatic heterocycles. The summed E-state index contributed by atoms with van der Waals surface area (Å²) in [5, 5.41) is 0.151. The molecule has 0 saturated heterocycles. The predicted molar refractivity (Wildman–Crippen MR) is 88.2 cm³/mol. The Morgan fingerprint density at radius 1 is 1.52 bits per heavy atom. The van der Waals surface area contributed by atoms with Crippen LogP contribution in [-0.4, -0.2) is 44.5 Å². The molecule has 1 fully saturated rings. The van der Waals surface area contributed by atoms with Gasteiger partial charge in [-0.05, 0) is 32.0 Å². The van der Waals surface area contributed by atoms with Crippen LogP contribution >= 0.6 is 23.8 Å². The van der Waals surface area contributed by atoms with Crippen molar-refractivity contribution in [2.75, 3.05) is 20.1 Å². The zero-order valence-electron chi connectivity index (χ0n) is 11.7. The van der Waals surface area contributed by atoms with Crippen LogP contribution in [0.3, 0.4) is 0 Å². The molecule has 0 radical (unpaired) electrons. The lowest BCUT2D eigenvalue weighted by molar-refractivity contribution is 0.329. The second kappa shape index (κ2) is 6.58. The molecule has 116 valence electrons. The minimum atomic E-state index is -3.67. The summed E-state index contributed by atoms with van der Waals surface area (Å²) in [4.78, 5) is 2.29. The maximum Gasteiger partial charge on any atom is 0.242 e. The number of thiocarbonyl (C=S) groups is 1. The van der Waals surface area contributed by atoms with E-state index in [4.69, 9.17) is 29.6 Å². The standard InChI is InChI=1S/C13H18ClN3O2S2/c1-17(10-3-4-10)7-6-16-21(18,19)12-8-9(13(15)20)2-5-11(12)14/h2,5,8,10,16H,3-4,6-7H2,1H3,(H2,15,20). The molecule has 1 aliphatic carbocycles. The lowest BCUT2D eigenvalue weighted by atomic mass is 10.2. The fourth-order valence-corrected chi connectivity index (χ4v) is 3.67.